The lowest BCUT2D eigenvalue weighted by Crippen LogP contribution is -2.57. The Morgan fingerprint density at radius 2 is 2.14 bits per heavy atom. The van der Waals surface area contributed by atoms with E-state index in [1.807, 2.05) is 0 Å². The van der Waals surface area contributed by atoms with Gasteiger partial charge in [-0.3, -0.25) is 9.69 Å². The van der Waals surface area contributed by atoms with Crippen LogP contribution in [-0.4, -0.2) is 48.3 Å². The van der Waals surface area contributed by atoms with Crippen molar-refractivity contribution in [2.24, 2.45) is 5.92 Å². The van der Waals surface area contributed by atoms with Gasteiger partial charge in [0.15, 0.2) is 0 Å². The molecule has 0 radical (unpaired) electrons. The molecule has 0 aromatic heterocycles. The SMILES string of the molecule is COC1CCCC1N1CC(C(=O)O)C1. The fraction of sp³-hybridized carbons (Fsp3) is 0.900. The molecule has 0 bridgehead atoms. The Labute approximate surface area is 83.8 Å². The molecule has 14 heavy (non-hydrogen) atoms. The molecule has 2 aliphatic rings. The maximum atomic E-state index is 10.6. The van der Waals surface area contributed by atoms with Gasteiger partial charge in [0.1, 0.15) is 0 Å². The minimum absolute atomic E-state index is 0.145. The molecule has 0 amide bonds. The molecule has 2 fully saturated rings. The monoisotopic (exact) mass is 199 g/mol. The number of carboxylic acid groups (broad SMARTS) is 1. The zero-order valence-corrected chi connectivity index (χ0v) is 8.48. The van der Waals surface area contributed by atoms with E-state index in [4.69, 9.17) is 9.84 Å². The van der Waals surface area contributed by atoms with Crippen LogP contribution in [0.15, 0.2) is 0 Å². The van der Waals surface area contributed by atoms with E-state index >= 15 is 0 Å². The van der Waals surface area contributed by atoms with Crippen LogP contribution in [0.1, 0.15) is 19.3 Å². The van der Waals surface area contributed by atoms with Crippen molar-refractivity contribution in [3.63, 3.8) is 0 Å². The van der Waals surface area contributed by atoms with Crippen molar-refractivity contribution in [3.8, 4) is 0 Å². The molecular weight excluding hydrogens is 182 g/mol. The van der Waals surface area contributed by atoms with E-state index in [-0.39, 0.29) is 5.92 Å². The van der Waals surface area contributed by atoms with Crippen LogP contribution in [0.5, 0.6) is 0 Å². The fourth-order valence-corrected chi connectivity index (χ4v) is 2.54. The Morgan fingerprint density at radius 3 is 2.71 bits per heavy atom. The second-order valence-electron chi connectivity index (χ2n) is 4.26. The number of hydrogen-bond acceptors (Lipinski definition) is 3. The summed E-state index contributed by atoms with van der Waals surface area (Å²) in [6.07, 6.45) is 3.81. The third-order valence-electron chi connectivity index (χ3n) is 3.45. The van der Waals surface area contributed by atoms with Gasteiger partial charge in [0.05, 0.1) is 12.0 Å². The standard InChI is InChI=1S/C10H17NO3/c1-14-9-4-2-3-8(9)11-5-7(6-11)10(12)13/h7-9H,2-6H2,1H3,(H,12,13). The summed E-state index contributed by atoms with van der Waals surface area (Å²) in [6.45, 7) is 1.42. The van der Waals surface area contributed by atoms with Crippen molar-refractivity contribution in [2.75, 3.05) is 20.2 Å². The Balaban J connectivity index is 1.84. The quantitative estimate of drug-likeness (QED) is 0.722. The van der Waals surface area contributed by atoms with Crippen molar-refractivity contribution >= 4 is 5.97 Å². The highest BCUT2D eigenvalue weighted by atomic mass is 16.5. The van der Waals surface area contributed by atoms with E-state index in [1.165, 1.54) is 6.42 Å². The van der Waals surface area contributed by atoms with Gasteiger partial charge < -0.3 is 9.84 Å². The van der Waals surface area contributed by atoms with E-state index in [1.54, 1.807) is 7.11 Å². The molecule has 0 aromatic carbocycles. The number of likely N-dealkylation sites (tertiary alicyclic amines) is 1. The van der Waals surface area contributed by atoms with Gasteiger partial charge in [-0.15, -0.1) is 0 Å². The highest BCUT2D eigenvalue weighted by Gasteiger charge is 2.41. The average molecular weight is 199 g/mol. The summed E-state index contributed by atoms with van der Waals surface area (Å²) < 4.78 is 5.39. The second-order valence-corrected chi connectivity index (χ2v) is 4.26. The molecule has 1 aliphatic carbocycles. The molecule has 4 heteroatoms. The first-order chi connectivity index (χ1) is 6.72. The van der Waals surface area contributed by atoms with E-state index in [0.717, 1.165) is 12.8 Å². The number of hydrogen-bond donors (Lipinski definition) is 1. The van der Waals surface area contributed by atoms with E-state index in [9.17, 15) is 4.79 Å². The number of ether oxygens (including phenoxy) is 1. The lowest BCUT2D eigenvalue weighted by Gasteiger charge is -2.42. The molecule has 1 saturated heterocycles. The number of rotatable bonds is 3. The first-order valence-electron chi connectivity index (χ1n) is 5.22. The van der Waals surface area contributed by atoms with Gasteiger partial charge in [-0.1, -0.05) is 0 Å². The smallest absolute Gasteiger partial charge is 0.309 e. The molecule has 1 N–H and O–H groups in total. The number of carboxylic acids is 1. The largest absolute Gasteiger partial charge is 0.481 e. The summed E-state index contributed by atoms with van der Waals surface area (Å²) in [6, 6.07) is 0.468. The lowest BCUT2D eigenvalue weighted by molar-refractivity contribution is -0.150. The second kappa shape index (κ2) is 3.87. The minimum atomic E-state index is -0.659. The summed E-state index contributed by atoms with van der Waals surface area (Å²) in [5.74, 6) is -0.804. The van der Waals surface area contributed by atoms with Crippen molar-refractivity contribution in [1.29, 1.82) is 0 Å². The van der Waals surface area contributed by atoms with Crippen LogP contribution in [0.2, 0.25) is 0 Å². The van der Waals surface area contributed by atoms with E-state index < -0.39 is 5.97 Å². The molecule has 1 heterocycles. The van der Waals surface area contributed by atoms with Crippen LogP contribution >= 0.6 is 0 Å². The highest BCUT2D eigenvalue weighted by molar-refractivity contribution is 5.71. The molecule has 1 saturated carbocycles. The summed E-state index contributed by atoms with van der Waals surface area (Å²) in [7, 11) is 1.75. The topological polar surface area (TPSA) is 49.8 Å². The molecule has 2 atom stereocenters. The molecule has 4 nitrogen and oxygen atoms in total. The molecule has 1 aliphatic heterocycles. The van der Waals surface area contributed by atoms with Crippen LogP contribution in [0.3, 0.4) is 0 Å². The lowest BCUT2D eigenvalue weighted by atomic mass is 9.96. The number of aliphatic carboxylic acids is 1. The van der Waals surface area contributed by atoms with E-state index in [2.05, 4.69) is 4.90 Å². The van der Waals surface area contributed by atoms with Crippen molar-refractivity contribution in [1.82, 2.24) is 4.90 Å². The van der Waals surface area contributed by atoms with Gasteiger partial charge in [0.25, 0.3) is 0 Å². The van der Waals surface area contributed by atoms with Gasteiger partial charge in [-0.05, 0) is 19.3 Å². The summed E-state index contributed by atoms with van der Waals surface area (Å²) >= 11 is 0. The average Bonchev–Trinajstić information content (AvgIpc) is 2.48. The first kappa shape index (κ1) is 9.93. The maximum absolute atomic E-state index is 10.6. The van der Waals surface area contributed by atoms with Crippen LogP contribution in [-0.2, 0) is 9.53 Å². The van der Waals surface area contributed by atoms with Crippen molar-refractivity contribution in [3.05, 3.63) is 0 Å². The molecule has 0 aromatic rings. The van der Waals surface area contributed by atoms with Crippen molar-refractivity contribution in [2.45, 2.75) is 31.4 Å². The third-order valence-corrected chi connectivity index (χ3v) is 3.45. The summed E-state index contributed by atoms with van der Waals surface area (Å²) in [4.78, 5) is 12.9. The Morgan fingerprint density at radius 1 is 1.43 bits per heavy atom. The maximum Gasteiger partial charge on any atom is 0.309 e. The molecular formula is C10H17NO3. The normalized spacial score (nSPS) is 34.4. The first-order valence-corrected chi connectivity index (χ1v) is 5.22. The molecule has 2 unspecified atom stereocenters. The Kier molecular flexibility index (Phi) is 2.74. The molecule has 2 rings (SSSR count). The van der Waals surface area contributed by atoms with Crippen LogP contribution in [0.25, 0.3) is 0 Å². The number of carbonyl (C=O) groups is 1. The van der Waals surface area contributed by atoms with Crippen LogP contribution < -0.4 is 0 Å². The Hall–Kier alpha value is -0.610. The Bertz CT molecular complexity index is 225. The predicted octanol–water partition coefficient (Wildman–Crippen LogP) is 0.570. The zero-order chi connectivity index (χ0) is 10.1. The summed E-state index contributed by atoms with van der Waals surface area (Å²) in [5, 5.41) is 8.76. The minimum Gasteiger partial charge on any atom is -0.481 e. The van der Waals surface area contributed by atoms with Gasteiger partial charge in [-0.2, -0.15) is 0 Å². The van der Waals surface area contributed by atoms with E-state index in [0.29, 0.717) is 25.2 Å². The van der Waals surface area contributed by atoms with Gasteiger partial charge in [0.2, 0.25) is 0 Å². The van der Waals surface area contributed by atoms with Gasteiger partial charge in [-0.25, -0.2) is 0 Å². The van der Waals surface area contributed by atoms with Crippen LogP contribution in [0, 0.1) is 5.92 Å². The molecule has 0 spiro atoms. The fourth-order valence-electron chi connectivity index (χ4n) is 2.54. The third kappa shape index (κ3) is 1.64. The predicted molar refractivity (Wildman–Crippen MR) is 51.1 cm³/mol. The highest BCUT2D eigenvalue weighted by Crippen LogP contribution is 2.31. The zero-order valence-electron chi connectivity index (χ0n) is 8.48. The number of methoxy groups -OCH3 is 1. The van der Waals surface area contributed by atoms with Crippen molar-refractivity contribution < 1.29 is 14.6 Å². The van der Waals surface area contributed by atoms with Gasteiger partial charge >= 0.3 is 5.97 Å². The number of nitrogens with zero attached hydrogens (tertiary/aromatic N) is 1. The molecule has 80 valence electrons. The summed E-state index contributed by atoms with van der Waals surface area (Å²) in [5.41, 5.74) is 0. The van der Waals surface area contributed by atoms with Crippen LogP contribution in [0.4, 0.5) is 0 Å². The van der Waals surface area contributed by atoms with Gasteiger partial charge in [0, 0.05) is 26.2 Å².